The molecule has 0 aliphatic carbocycles. The van der Waals surface area contributed by atoms with Crippen molar-refractivity contribution in [2.75, 3.05) is 23.7 Å². The van der Waals surface area contributed by atoms with E-state index in [4.69, 9.17) is 18.0 Å². The molecule has 1 saturated heterocycles. The third-order valence-corrected chi connectivity index (χ3v) is 4.66. The van der Waals surface area contributed by atoms with Gasteiger partial charge >= 0.3 is 0 Å². The zero-order chi connectivity index (χ0) is 22.5. The highest BCUT2D eigenvalue weighted by Crippen LogP contribution is 2.21. The van der Waals surface area contributed by atoms with E-state index >= 15 is 0 Å². The van der Waals surface area contributed by atoms with Gasteiger partial charge in [-0.3, -0.25) is 14.4 Å². The summed E-state index contributed by atoms with van der Waals surface area (Å²) >= 11 is 0. The summed E-state index contributed by atoms with van der Waals surface area (Å²) < 4.78 is 0. The van der Waals surface area contributed by atoms with Crippen molar-refractivity contribution in [3.8, 4) is 0 Å². The van der Waals surface area contributed by atoms with Crippen LogP contribution in [0.3, 0.4) is 0 Å². The molecule has 0 saturated carbocycles. The summed E-state index contributed by atoms with van der Waals surface area (Å²) in [6.45, 7) is 9.52. The molecule has 31 heavy (non-hydrogen) atoms. The number of hydrogen-bond donors (Lipinski definition) is 4. The number of hydrogen-bond acceptors (Lipinski definition) is 8. The van der Waals surface area contributed by atoms with Gasteiger partial charge in [0, 0.05) is 0 Å². The fourth-order valence-corrected chi connectivity index (χ4v) is 2.87. The molecule has 0 spiro atoms. The van der Waals surface area contributed by atoms with E-state index in [9.17, 15) is 14.4 Å². The van der Waals surface area contributed by atoms with Gasteiger partial charge in [-0.05, 0) is 18.6 Å². The summed E-state index contributed by atoms with van der Waals surface area (Å²) in [5.41, 5.74) is 11.3. The van der Waals surface area contributed by atoms with Gasteiger partial charge in [0.05, 0.1) is 31.2 Å². The van der Waals surface area contributed by atoms with E-state index in [1.165, 1.54) is 18.5 Å². The maximum atomic E-state index is 12.3. The van der Waals surface area contributed by atoms with E-state index in [-0.39, 0.29) is 35.0 Å². The van der Waals surface area contributed by atoms with Crippen LogP contribution in [0.4, 0.5) is 17.3 Å². The fourth-order valence-electron chi connectivity index (χ4n) is 2.87. The minimum atomic E-state index is -0.796. The average Bonchev–Trinajstić information content (AvgIpc) is 2.71. The number of pyridine rings is 1. The molecule has 12 heteroatoms. The van der Waals surface area contributed by atoms with E-state index < -0.39 is 17.9 Å². The van der Waals surface area contributed by atoms with Crippen molar-refractivity contribution >= 4 is 35.0 Å². The van der Waals surface area contributed by atoms with E-state index in [0.717, 1.165) is 0 Å². The molecule has 3 rings (SSSR count). The second-order valence-electron chi connectivity index (χ2n) is 6.87. The Hall–Kier alpha value is -4.27. The van der Waals surface area contributed by atoms with Crippen molar-refractivity contribution < 1.29 is 14.4 Å². The molecule has 1 aliphatic rings. The van der Waals surface area contributed by atoms with Crippen LogP contribution >= 0.6 is 0 Å². The lowest BCUT2D eigenvalue weighted by atomic mass is 10.1. The van der Waals surface area contributed by atoms with Crippen LogP contribution in [-0.2, 0) is 4.79 Å². The Morgan fingerprint density at radius 2 is 2.00 bits per heavy atom. The van der Waals surface area contributed by atoms with Crippen LogP contribution in [0.2, 0.25) is 0 Å². The summed E-state index contributed by atoms with van der Waals surface area (Å²) in [5.74, 6) is -1.32. The smallest absolute Gasteiger partial charge is 0.272 e. The van der Waals surface area contributed by atoms with Gasteiger partial charge in [-0.15, -0.1) is 0 Å². The number of amides is 3. The largest absolute Gasteiger partial charge is 0.368 e. The number of nitrogens with two attached hydrogens (primary N) is 2. The van der Waals surface area contributed by atoms with Gasteiger partial charge in [0.15, 0.2) is 11.5 Å². The third-order valence-electron chi connectivity index (χ3n) is 4.66. The molecule has 2 aromatic heterocycles. The highest BCUT2D eigenvalue weighted by atomic mass is 16.2. The predicted molar refractivity (Wildman–Crippen MR) is 111 cm³/mol. The van der Waals surface area contributed by atoms with Crippen molar-refractivity contribution in [1.29, 1.82) is 0 Å². The molecule has 1 fully saturated rings. The first kappa shape index (κ1) is 21.4. The second-order valence-corrected chi connectivity index (χ2v) is 6.87. The minimum absolute atomic E-state index is 0.0559. The van der Waals surface area contributed by atoms with Gasteiger partial charge < -0.3 is 31.8 Å². The molecule has 2 aromatic rings. The van der Waals surface area contributed by atoms with E-state index in [1.54, 1.807) is 17.9 Å². The number of rotatable bonds is 8. The van der Waals surface area contributed by atoms with Gasteiger partial charge in [-0.25, -0.2) is 21.5 Å². The highest BCUT2D eigenvalue weighted by Gasteiger charge is 2.35. The number of carbonyl (C=O) groups excluding carboxylic acids is 3. The Morgan fingerprint density at radius 1 is 1.26 bits per heavy atom. The van der Waals surface area contributed by atoms with E-state index in [1.807, 2.05) is 0 Å². The monoisotopic (exact) mass is 423 g/mol. The topological polar surface area (TPSA) is 174 Å². The molecule has 0 radical (unpaired) electrons. The number of aromatic nitrogens is 3. The lowest BCUT2D eigenvalue weighted by molar-refractivity contribution is -0.118. The Bertz CT molecular complexity index is 1040. The van der Waals surface area contributed by atoms with Gasteiger partial charge in [0.25, 0.3) is 17.9 Å². The number of nitrogens with zero attached hydrogens (tertiary/aromatic N) is 5. The van der Waals surface area contributed by atoms with Gasteiger partial charge in [-0.1, -0.05) is 6.92 Å². The lowest BCUT2D eigenvalue weighted by Gasteiger charge is -2.31. The summed E-state index contributed by atoms with van der Waals surface area (Å²) in [6.07, 6.45) is 3.12. The van der Waals surface area contributed by atoms with Crippen LogP contribution in [-0.4, -0.2) is 62.7 Å². The summed E-state index contributed by atoms with van der Waals surface area (Å²) in [7, 11) is 0. The number of carbonyl (C=O) groups is 3. The van der Waals surface area contributed by atoms with Crippen LogP contribution in [0, 0.1) is 6.57 Å². The molecule has 160 valence electrons. The molecule has 12 nitrogen and oxygen atoms in total. The second kappa shape index (κ2) is 9.04. The lowest BCUT2D eigenvalue weighted by Crippen LogP contribution is -2.52. The predicted octanol–water partition coefficient (Wildman–Crippen LogP) is 0.134. The molecule has 6 N–H and O–H groups in total. The molecule has 0 aromatic carbocycles. The first-order valence-electron chi connectivity index (χ1n) is 9.44. The Labute approximate surface area is 177 Å². The van der Waals surface area contributed by atoms with Gasteiger partial charge in [0.2, 0.25) is 5.91 Å². The molecule has 0 unspecified atom stereocenters. The summed E-state index contributed by atoms with van der Waals surface area (Å²) in [4.78, 5) is 52.8. The molecular weight excluding hydrogens is 402 g/mol. The summed E-state index contributed by atoms with van der Waals surface area (Å²) in [5, 5.41) is 5.75. The number of nitrogens with one attached hydrogen (secondary N) is 2. The van der Waals surface area contributed by atoms with Crippen molar-refractivity contribution in [2.45, 2.75) is 25.4 Å². The Balaban J connectivity index is 1.76. The standard InChI is InChI=1S/C19H21N9O3/c1-3-12(16(20)29)26-14-7-24-15(17(21)30)18(27-14)25-10-4-5-13(23-6-10)19(31)28-8-11(9-28)22-2/h4-7,11-12H,3,8-9H2,1H3,(H2,20,29)(H2,21,30)(H2,25,26,27)/t12-/m1/s1. The molecule has 1 aliphatic heterocycles. The molecule has 3 heterocycles. The zero-order valence-corrected chi connectivity index (χ0v) is 16.7. The number of primary amides is 2. The van der Waals surface area contributed by atoms with Gasteiger partial charge in [-0.2, -0.15) is 0 Å². The van der Waals surface area contributed by atoms with Crippen LogP contribution < -0.4 is 22.1 Å². The maximum absolute atomic E-state index is 12.3. The summed E-state index contributed by atoms with van der Waals surface area (Å²) in [6, 6.07) is 2.31. The van der Waals surface area contributed by atoms with Crippen molar-refractivity contribution in [3.63, 3.8) is 0 Å². The molecule has 3 amide bonds. The molecule has 0 bridgehead atoms. The fraction of sp³-hybridized carbons (Fsp3) is 0.316. The first-order valence-corrected chi connectivity index (χ1v) is 9.44. The van der Waals surface area contributed by atoms with Crippen molar-refractivity contribution in [1.82, 2.24) is 19.9 Å². The Kier molecular flexibility index (Phi) is 6.25. The first-order chi connectivity index (χ1) is 14.8. The normalized spacial score (nSPS) is 14.1. The zero-order valence-electron chi connectivity index (χ0n) is 16.7. The highest BCUT2D eigenvalue weighted by molar-refractivity contribution is 5.96. The quantitative estimate of drug-likeness (QED) is 0.434. The third kappa shape index (κ3) is 4.84. The van der Waals surface area contributed by atoms with Crippen LogP contribution in [0.25, 0.3) is 4.85 Å². The average molecular weight is 423 g/mol. The van der Waals surface area contributed by atoms with Crippen LogP contribution in [0.15, 0.2) is 24.5 Å². The van der Waals surface area contributed by atoms with E-state index in [2.05, 4.69) is 30.4 Å². The van der Waals surface area contributed by atoms with Crippen molar-refractivity contribution in [3.05, 3.63) is 47.3 Å². The molecular formula is C19H21N9O3. The SMILES string of the molecule is [C-]#[N+]C1CN(C(=O)c2ccc(Nc3nc(N[C@H](CC)C(N)=O)cnc3C(N)=O)cn2)C1. The number of anilines is 3. The minimum Gasteiger partial charge on any atom is -0.368 e. The van der Waals surface area contributed by atoms with E-state index in [0.29, 0.717) is 25.2 Å². The van der Waals surface area contributed by atoms with Crippen molar-refractivity contribution in [2.24, 2.45) is 11.5 Å². The maximum Gasteiger partial charge on any atom is 0.272 e. The number of likely N-dealkylation sites (tertiary alicyclic amines) is 1. The van der Waals surface area contributed by atoms with Crippen LogP contribution in [0.1, 0.15) is 34.3 Å². The van der Waals surface area contributed by atoms with Crippen LogP contribution in [0.5, 0.6) is 0 Å². The molecule has 1 atom stereocenters. The Morgan fingerprint density at radius 3 is 2.55 bits per heavy atom. The van der Waals surface area contributed by atoms with Gasteiger partial charge in [0.1, 0.15) is 17.6 Å².